The van der Waals surface area contributed by atoms with Gasteiger partial charge in [0.05, 0.1) is 6.54 Å². The summed E-state index contributed by atoms with van der Waals surface area (Å²) in [6.45, 7) is 4.39. The van der Waals surface area contributed by atoms with Crippen molar-refractivity contribution in [3.63, 3.8) is 0 Å². The number of hydrogen-bond acceptors (Lipinski definition) is 5. The third-order valence-electron chi connectivity index (χ3n) is 4.52. The van der Waals surface area contributed by atoms with Crippen LogP contribution in [0.2, 0.25) is 0 Å². The fourth-order valence-electron chi connectivity index (χ4n) is 3.29. The van der Waals surface area contributed by atoms with Gasteiger partial charge in [-0.1, -0.05) is 5.16 Å². The van der Waals surface area contributed by atoms with E-state index in [0.717, 1.165) is 36.8 Å². The first-order valence-electron chi connectivity index (χ1n) is 7.17. The van der Waals surface area contributed by atoms with Crippen molar-refractivity contribution in [3.8, 4) is 0 Å². The normalized spacial score (nSPS) is 32.7. The number of nitrogens with one attached hydrogen (secondary N) is 1. The Morgan fingerprint density at radius 2 is 2.22 bits per heavy atom. The van der Waals surface area contributed by atoms with Gasteiger partial charge < -0.3 is 9.84 Å². The maximum absolute atomic E-state index is 5.32. The van der Waals surface area contributed by atoms with Gasteiger partial charge in [-0.15, -0.1) is 0 Å². The summed E-state index contributed by atoms with van der Waals surface area (Å²) in [7, 11) is 0. The Labute approximate surface area is 107 Å². The summed E-state index contributed by atoms with van der Waals surface area (Å²) in [5.74, 6) is 3.13. The Morgan fingerprint density at radius 1 is 1.28 bits per heavy atom. The molecule has 2 unspecified atom stereocenters. The van der Waals surface area contributed by atoms with Gasteiger partial charge in [-0.2, -0.15) is 4.98 Å². The minimum atomic E-state index is 0.566. The highest BCUT2D eigenvalue weighted by Crippen LogP contribution is 2.38. The largest absolute Gasteiger partial charge is 0.339 e. The predicted molar refractivity (Wildman–Crippen MR) is 66.1 cm³/mol. The van der Waals surface area contributed by atoms with Gasteiger partial charge in [0.25, 0.3) is 0 Å². The summed E-state index contributed by atoms with van der Waals surface area (Å²) in [6, 6.07) is 0.758. The molecule has 5 heteroatoms. The van der Waals surface area contributed by atoms with Crippen molar-refractivity contribution in [3.05, 3.63) is 11.7 Å². The molecule has 5 nitrogen and oxygen atoms in total. The Balaban J connectivity index is 1.38. The third-order valence-corrected chi connectivity index (χ3v) is 4.52. The van der Waals surface area contributed by atoms with Crippen LogP contribution in [0.4, 0.5) is 0 Å². The molecule has 3 heterocycles. The van der Waals surface area contributed by atoms with Crippen molar-refractivity contribution in [1.29, 1.82) is 0 Å². The second-order valence-corrected chi connectivity index (χ2v) is 5.96. The summed E-state index contributed by atoms with van der Waals surface area (Å²) >= 11 is 0. The maximum Gasteiger partial charge on any atom is 0.229 e. The molecule has 2 saturated heterocycles. The molecule has 3 aliphatic rings. The van der Waals surface area contributed by atoms with Crippen molar-refractivity contribution >= 4 is 0 Å². The number of piperidine rings is 1. The summed E-state index contributed by atoms with van der Waals surface area (Å²) in [5, 5.41) is 7.71. The first-order valence-corrected chi connectivity index (χ1v) is 7.17. The van der Waals surface area contributed by atoms with Gasteiger partial charge in [-0.3, -0.25) is 4.90 Å². The van der Waals surface area contributed by atoms with Gasteiger partial charge in [-0.25, -0.2) is 0 Å². The van der Waals surface area contributed by atoms with E-state index in [-0.39, 0.29) is 0 Å². The molecule has 0 bridgehead atoms. The number of nitrogens with zero attached hydrogens (tertiary/aromatic N) is 3. The van der Waals surface area contributed by atoms with E-state index in [1.807, 2.05) is 0 Å². The molecule has 3 fully saturated rings. The molecular formula is C13H20N4O. The number of aromatic nitrogens is 2. The molecule has 0 spiro atoms. The smallest absolute Gasteiger partial charge is 0.229 e. The van der Waals surface area contributed by atoms with Crippen LogP contribution < -0.4 is 5.32 Å². The van der Waals surface area contributed by atoms with E-state index >= 15 is 0 Å². The molecule has 1 aromatic heterocycles. The molecule has 2 atom stereocenters. The molecular weight excluding hydrogens is 228 g/mol. The van der Waals surface area contributed by atoms with Gasteiger partial charge >= 0.3 is 0 Å². The topological polar surface area (TPSA) is 54.2 Å². The van der Waals surface area contributed by atoms with Crippen LogP contribution in [0.1, 0.15) is 43.3 Å². The second kappa shape index (κ2) is 4.31. The molecule has 1 saturated carbocycles. The van der Waals surface area contributed by atoms with E-state index in [4.69, 9.17) is 4.52 Å². The molecule has 0 radical (unpaired) electrons. The predicted octanol–water partition coefficient (Wildman–Crippen LogP) is 1.13. The number of hydrogen-bond donors (Lipinski definition) is 1. The van der Waals surface area contributed by atoms with Crippen molar-refractivity contribution in [2.45, 2.75) is 44.2 Å². The molecule has 1 aliphatic carbocycles. The fraction of sp³-hybridized carbons (Fsp3) is 0.846. The zero-order valence-corrected chi connectivity index (χ0v) is 10.6. The molecule has 0 aromatic carbocycles. The molecule has 2 aliphatic heterocycles. The van der Waals surface area contributed by atoms with Crippen LogP contribution in [-0.4, -0.2) is 40.7 Å². The highest BCUT2D eigenvalue weighted by Gasteiger charge is 2.33. The van der Waals surface area contributed by atoms with Gasteiger partial charge in [0.2, 0.25) is 5.89 Å². The zero-order chi connectivity index (χ0) is 11.9. The van der Waals surface area contributed by atoms with Gasteiger partial charge in [0.1, 0.15) is 0 Å². The summed E-state index contributed by atoms with van der Waals surface area (Å²) in [4.78, 5) is 7.00. The average molecular weight is 248 g/mol. The summed E-state index contributed by atoms with van der Waals surface area (Å²) < 4.78 is 5.32. The van der Waals surface area contributed by atoms with Crippen LogP contribution in [0.25, 0.3) is 0 Å². The Hall–Kier alpha value is -0.940. The maximum atomic E-state index is 5.32. The zero-order valence-electron chi connectivity index (χ0n) is 10.6. The standard InChI is InChI=1S/C13H20N4O/c1-2-9(1)13-15-12(16-18-13)8-17-6-4-11-10(7-17)3-5-14-11/h9-11,14H,1-8H2. The van der Waals surface area contributed by atoms with E-state index in [1.165, 1.54) is 38.8 Å². The van der Waals surface area contributed by atoms with Crippen LogP contribution in [-0.2, 0) is 6.54 Å². The average Bonchev–Trinajstić information content (AvgIpc) is 2.95. The fourth-order valence-corrected chi connectivity index (χ4v) is 3.29. The van der Waals surface area contributed by atoms with Crippen molar-refractivity contribution in [2.75, 3.05) is 19.6 Å². The first kappa shape index (κ1) is 10.9. The summed E-state index contributed by atoms with van der Waals surface area (Å²) in [5.41, 5.74) is 0. The molecule has 1 N–H and O–H groups in total. The number of likely N-dealkylation sites (tertiary alicyclic amines) is 1. The van der Waals surface area contributed by atoms with Crippen LogP contribution in [0.5, 0.6) is 0 Å². The van der Waals surface area contributed by atoms with Crippen LogP contribution in [0.15, 0.2) is 4.52 Å². The highest BCUT2D eigenvalue weighted by molar-refractivity contribution is 5.02. The Morgan fingerprint density at radius 3 is 3.11 bits per heavy atom. The van der Waals surface area contributed by atoms with Gasteiger partial charge in [0.15, 0.2) is 5.82 Å². The molecule has 1 aromatic rings. The van der Waals surface area contributed by atoms with E-state index in [9.17, 15) is 0 Å². The third kappa shape index (κ3) is 2.06. The van der Waals surface area contributed by atoms with Crippen LogP contribution >= 0.6 is 0 Å². The lowest BCUT2D eigenvalue weighted by Gasteiger charge is -2.33. The minimum Gasteiger partial charge on any atom is -0.339 e. The molecule has 0 amide bonds. The quantitative estimate of drug-likeness (QED) is 0.869. The second-order valence-electron chi connectivity index (χ2n) is 5.96. The summed E-state index contributed by atoms with van der Waals surface area (Å²) in [6.07, 6.45) is 5.03. The lowest BCUT2D eigenvalue weighted by atomic mass is 9.93. The van der Waals surface area contributed by atoms with E-state index in [0.29, 0.717) is 5.92 Å². The SMILES string of the molecule is C1CC2CN(Cc3noc(C4CC4)n3)CCC2N1. The Kier molecular flexibility index (Phi) is 2.62. The minimum absolute atomic E-state index is 0.566. The van der Waals surface area contributed by atoms with Crippen molar-refractivity contribution in [2.24, 2.45) is 5.92 Å². The molecule has 18 heavy (non-hydrogen) atoms. The van der Waals surface area contributed by atoms with E-state index in [1.54, 1.807) is 0 Å². The lowest BCUT2D eigenvalue weighted by Crippen LogP contribution is -2.44. The van der Waals surface area contributed by atoms with Crippen LogP contribution in [0.3, 0.4) is 0 Å². The first-order chi connectivity index (χ1) is 8.88. The van der Waals surface area contributed by atoms with Gasteiger partial charge in [-0.05, 0) is 38.1 Å². The molecule has 98 valence electrons. The lowest BCUT2D eigenvalue weighted by molar-refractivity contribution is 0.151. The van der Waals surface area contributed by atoms with Crippen molar-refractivity contribution in [1.82, 2.24) is 20.4 Å². The molecule has 4 rings (SSSR count). The highest BCUT2D eigenvalue weighted by atomic mass is 16.5. The van der Waals surface area contributed by atoms with E-state index < -0.39 is 0 Å². The number of fused-ring (bicyclic) bond motifs is 1. The number of rotatable bonds is 3. The van der Waals surface area contributed by atoms with Crippen molar-refractivity contribution < 1.29 is 4.52 Å². The van der Waals surface area contributed by atoms with Crippen LogP contribution in [0, 0.1) is 5.92 Å². The van der Waals surface area contributed by atoms with E-state index in [2.05, 4.69) is 20.4 Å². The van der Waals surface area contributed by atoms with Gasteiger partial charge in [0, 0.05) is 25.0 Å². The monoisotopic (exact) mass is 248 g/mol. The Bertz CT molecular complexity index is 428.